The SMILES string of the molecule is CCOC(=O)c1cccc(NC(=O)c2ccc(O)c(O)c2O)c1. The molecule has 0 aliphatic rings. The Labute approximate surface area is 131 Å². The van der Waals surface area contributed by atoms with Gasteiger partial charge >= 0.3 is 5.97 Å². The number of anilines is 1. The van der Waals surface area contributed by atoms with Crippen molar-refractivity contribution >= 4 is 17.6 Å². The van der Waals surface area contributed by atoms with Gasteiger partial charge < -0.3 is 25.4 Å². The van der Waals surface area contributed by atoms with E-state index >= 15 is 0 Å². The maximum atomic E-state index is 12.1. The van der Waals surface area contributed by atoms with Crippen LogP contribution in [0.5, 0.6) is 17.2 Å². The third kappa shape index (κ3) is 3.52. The molecular formula is C16H15NO6. The molecule has 0 unspecified atom stereocenters. The molecule has 2 aromatic rings. The largest absolute Gasteiger partial charge is 0.504 e. The van der Waals surface area contributed by atoms with Crippen LogP contribution in [0.25, 0.3) is 0 Å². The predicted molar refractivity (Wildman–Crippen MR) is 81.8 cm³/mol. The number of aromatic hydroxyl groups is 3. The molecular weight excluding hydrogens is 302 g/mol. The molecule has 0 radical (unpaired) electrons. The molecule has 0 bridgehead atoms. The lowest BCUT2D eigenvalue weighted by Crippen LogP contribution is -2.13. The van der Waals surface area contributed by atoms with Crippen LogP contribution in [-0.4, -0.2) is 33.8 Å². The van der Waals surface area contributed by atoms with Crippen LogP contribution in [0, 0.1) is 0 Å². The van der Waals surface area contributed by atoms with E-state index in [0.717, 1.165) is 12.1 Å². The molecule has 0 fully saturated rings. The molecule has 1 amide bonds. The summed E-state index contributed by atoms with van der Waals surface area (Å²) in [4.78, 5) is 23.8. The number of hydrogen-bond acceptors (Lipinski definition) is 6. The van der Waals surface area contributed by atoms with Crippen LogP contribution in [0.2, 0.25) is 0 Å². The Hall–Kier alpha value is -3.22. The number of esters is 1. The molecule has 23 heavy (non-hydrogen) atoms. The number of nitrogens with one attached hydrogen (secondary N) is 1. The zero-order valence-electron chi connectivity index (χ0n) is 12.2. The van der Waals surface area contributed by atoms with Crippen LogP contribution in [0.3, 0.4) is 0 Å². The van der Waals surface area contributed by atoms with Crippen molar-refractivity contribution in [1.82, 2.24) is 0 Å². The molecule has 4 N–H and O–H groups in total. The van der Waals surface area contributed by atoms with Crippen LogP contribution in [0.1, 0.15) is 27.6 Å². The van der Waals surface area contributed by atoms with E-state index in [1.165, 1.54) is 12.1 Å². The summed E-state index contributed by atoms with van der Waals surface area (Å²) in [6, 6.07) is 8.33. The number of ether oxygens (including phenoxy) is 1. The fourth-order valence-corrected chi connectivity index (χ4v) is 1.89. The Kier molecular flexibility index (Phi) is 4.70. The lowest BCUT2D eigenvalue weighted by atomic mass is 10.1. The Morgan fingerprint density at radius 3 is 2.52 bits per heavy atom. The van der Waals surface area contributed by atoms with E-state index in [9.17, 15) is 24.9 Å². The highest BCUT2D eigenvalue weighted by molar-refractivity contribution is 6.07. The topological polar surface area (TPSA) is 116 Å². The highest BCUT2D eigenvalue weighted by Gasteiger charge is 2.17. The lowest BCUT2D eigenvalue weighted by Gasteiger charge is -2.09. The Morgan fingerprint density at radius 1 is 1.09 bits per heavy atom. The van der Waals surface area contributed by atoms with E-state index in [4.69, 9.17) is 4.74 Å². The van der Waals surface area contributed by atoms with E-state index in [2.05, 4.69) is 5.32 Å². The van der Waals surface area contributed by atoms with Gasteiger partial charge in [-0.3, -0.25) is 4.79 Å². The number of phenolic OH excluding ortho intramolecular Hbond substituents is 3. The molecule has 0 aliphatic carbocycles. The van der Waals surface area contributed by atoms with E-state index in [1.807, 2.05) is 0 Å². The smallest absolute Gasteiger partial charge is 0.338 e. The van der Waals surface area contributed by atoms with Crippen molar-refractivity contribution in [1.29, 1.82) is 0 Å². The van der Waals surface area contributed by atoms with E-state index in [0.29, 0.717) is 5.69 Å². The summed E-state index contributed by atoms with van der Waals surface area (Å²) in [5.41, 5.74) is 0.358. The maximum Gasteiger partial charge on any atom is 0.338 e. The first-order valence-electron chi connectivity index (χ1n) is 6.76. The minimum absolute atomic E-state index is 0.221. The summed E-state index contributed by atoms with van der Waals surface area (Å²) in [5.74, 6) is -3.28. The molecule has 0 saturated heterocycles. The summed E-state index contributed by atoms with van der Waals surface area (Å²) in [6.45, 7) is 1.92. The van der Waals surface area contributed by atoms with Crippen molar-refractivity contribution in [2.24, 2.45) is 0 Å². The average Bonchev–Trinajstić information content (AvgIpc) is 2.53. The van der Waals surface area contributed by atoms with Crippen molar-refractivity contribution in [3.8, 4) is 17.2 Å². The molecule has 0 aromatic heterocycles. The number of benzene rings is 2. The van der Waals surface area contributed by atoms with Crippen molar-refractivity contribution in [2.75, 3.05) is 11.9 Å². The summed E-state index contributed by atoms with van der Waals surface area (Å²) in [5, 5.41) is 30.9. The zero-order chi connectivity index (χ0) is 17.0. The molecule has 120 valence electrons. The fourth-order valence-electron chi connectivity index (χ4n) is 1.89. The fraction of sp³-hybridized carbons (Fsp3) is 0.125. The molecule has 0 heterocycles. The summed E-state index contributed by atoms with van der Waals surface area (Å²) in [6.07, 6.45) is 0. The summed E-state index contributed by atoms with van der Waals surface area (Å²) >= 11 is 0. The molecule has 2 aromatic carbocycles. The number of hydrogen-bond donors (Lipinski definition) is 4. The first-order valence-corrected chi connectivity index (χ1v) is 6.76. The van der Waals surface area contributed by atoms with E-state index in [1.54, 1.807) is 19.1 Å². The van der Waals surface area contributed by atoms with Crippen LogP contribution in [0.4, 0.5) is 5.69 Å². The van der Waals surface area contributed by atoms with Gasteiger partial charge in [-0.05, 0) is 37.3 Å². The normalized spacial score (nSPS) is 10.1. The molecule has 0 atom stereocenters. The zero-order valence-corrected chi connectivity index (χ0v) is 12.2. The van der Waals surface area contributed by atoms with Gasteiger partial charge in [0.15, 0.2) is 11.5 Å². The van der Waals surface area contributed by atoms with E-state index < -0.39 is 29.1 Å². The first kappa shape index (κ1) is 16.2. The third-order valence-electron chi connectivity index (χ3n) is 3.01. The van der Waals surface area contributed by atoms with Gasteiger partial charge in [0, 0.05) is 5.69 Å². The van der Waals surface area contributed by atoms with Gasteiger partial charge in [0.05, 0.1) is 17.7 Å². The van der Waals surface area contributed by atoms with Gasteiger partial charge in [0.25, 0.3) is 5.91 Å². The van der Waals surface area contributed by atoms with Crippen molar-refractivity contribution < 1.29 is 29.6 Å². The highest BCUT2D eigenvalue weighted by Crippen LogP contribution is 2.37. The standard InChI is InChI=1S/C16H15NO6/c1-2-23-16(22)9-4-3-5-10(8-9)17-15(21)11-6-7-12(18)14(20)13(11)19/h3-8,18-20H,2H2,1H3,(H,17,21). The molecule has 0 spiro atoms. The van der Waals surface area contributed by atoms with Gasteiger partial charge in [-0.15, -0.1) is 0 Å². The monoisotopic (exact) mass is 317 g/mol. The molecule has 2 rings (SSSR count). The van der Waals surface area contributed by atoms with Crippen LogP contribution in [-0.2, 0) is 4.74 Å². The Bertz CT molecular complexity index is 756. The maximum absolute atomic E-state index is 12.1. The van der Waals surface area contributed by atoms with Crippen molar-refractivity contribution in [3.63, 3.8) is 0 Å². The van der Waals surface area contributed by atoms with Crippen molar-refractivity contribution in [2.45, 2.75) is 6.92 Å². The number of rotatable bonds is 4. The Morgan fingerprint density at radius 2 is 1.83 bits per heavy atom. The van der Waals surface area contributed by atoms with Crippen molar-refractivity contribution in [3.05, 3.63) is 47.5 Å². The minimum atomic E-state index is -0.780. The van der Waals surface area contributed by atoms with Gasteiger partial charge in [-0.1, -0.05) is 6.07 Å². The van der Waals surface area contributed by atoms with Crippen LogP contribution < -0.4 is 5.32 Å². The summed E-state index contributed by atoms with van der Waals surface area (Å²) in [7, 11) is 0. The van der Waals surface area contributed by atoms with Crippen LogP contribution >= 0.6 is 0 Å². The quantitative estimate of drug-likeness (QED) is 0.507. The Balaban J connectivity index is 2.23. The second kappa shape index (κ2) is 6.69. The minimum Gasteiger partial charge on any atom is -0.504 e. The van der Waals surface area contributed by atoms with Gasteiger partial charge in [0.2, 0.25) is 5.75 Å². The van der Waals surface area contributed by atoms with E-state index in [-0.39, 0.29) is 17.7 Å². The molecule has 7 heteroatoms. The first-order chi connectivity index (χ1) is 10.9. The number of carbonyl (C=O) groups is 2. The second-order valence-corrected chi connectivity index (χ2v) is 4.58. The third-order valence-corrected chi connectivity index (χ3v) is 3.01. The molecule has 7 nitrogen and oxygen atoms in total. The highest BCUT2D eigenvalue weighted by atomic mass is 16.5. The second-order valence-electron chi connectivity index (χ2n) is 4.58. The van der Waals surface area contributed by atoms with Crippen LogP contribution in [0.15, 0.2) is 36.4 Å². The lowest BCUT2D eigenvalue weighted by molar-refractivity contribution is 0.0526. The van der Waals surface area contributed by atoms with Gasteiger partial charge in [0.1, 0.15) is 0 Å². The number of phenols is 3. The van der Waals surface area contributed by atoms with Gasteiger partial charge in [-0.25, -0.2) is 4.79 Å². The predicted octanol–water partition coefficient (Wildman–Crippen LogP) is 2.23. The number of amides is 1. The average molecular weight is 317 g/mol. The molecule has 0 saturated carbocycles. The number of carbonyl (C=O) groups excluding carboxylic acids is 2. The molecule has 0 aliphatic heterocycles. The van der Waals surface area contributed by atoms with Gasteiger partial charge in [-0.2, -0.15) is 0 Å². The summed E-state index contributed by atoms with van der Waals surface area (Å²) < 4.78 is 4.87.